The van der Waals surface area contributed by atoms with Gasteiger partial charge in [0.05, 0.1) is 12.9 Å². The first kappa shape index (κ1) is 20.9. The molecule has 4 rings (SSSR count). The Labute approximate surface area is 179 Å². The molecule has 27 heavy (non-hydrogen) atoms. The fraction of sp³-hybridized carbons (Fsp3) is 0.750. The summed E-state index contributed by atoms with van der Waals surface area (Å²) in [4.78, 5) is 7.53. The Morgan fingerprint density at radius 3 is 2.93 bits per heavy atom. The molecule has 3 atom stereocenters. The molecule has 0 bridgehead atoms. The Morgan fingerprint density at radius 2 is 2.22 bits per heavy atom. The quantitative estimate of drug-likeness (QED) is 0.351. The van der Waals surface area contributed by atoms with Crippen molar-refractivity contribution in [3.8, 4) is 0 Å². The van der Waals surface area contributed by atoms with Gasteiger partial charge in [0.2, 0.25) is 0 Å². The van der Waals surface area contributed by atoms with Gasteiger partial charge in [0, 0.05) is 56.7 Å². The maximum Gasteiger partial charge on any atom is 0.191 e. The van der Waals surface area contributed by atoms with Crippen molar-refractivity contribution in [2.75, 3.05) is 32.8 Å². The molecule has 0 amide bonds. The van der Waals surface area contributed by atoms with Gasteiger partial charge in [-0.1, -0.05) is 0 Å². The second-order valence-electron chi connectivity index (χ2n) is 8.03. The van der Waals surface area contributed by atoms with Crippen LogP contribution in [0.15, 0.2) is 27.8 Å². The minimum atomic E-state index is 0. The third-order valence-corrected chi connectivity index (χ3v) is 5.76. The van der Waals surface area contributed by atoms with E-state index in [0.717, 1.165) is 63.5 Å². The summed E-state index contributed by atoms with van der Waals surface area (Å²) in [5.74, 6) is 2.51. The van der Waals surface area contributed by atoms with Crippen molar-refractivity contribution < 1.29 is 9.15 Å². The van der Waals surface area contributed by atoms with E-state index >= 15 is 0 Å². The molecule has 1 saturated carbocycles. The minimum absolute atomic E-state index is 0. The van der Waals surface area contributed by atoms with E-state index in [0.29, 0.717) is 18.0 Å². The largest absolute Gasteiger partial charge is 0.469 e. The first-order valence-corrected chi connectivity index (χ1v) is 10.2. The third-order valence-electron chi connectivity index (χ3n) is 5.76. The lowest BCUT2D eigenvalue weighted by atomic mass is 10.1. The van der Waals surface area contributed by atoms with Crippen molar-refractivity contribution >= 4 is 29.9 Å². The van der Waals surface area contributed by atoms with Crippen LogP contribution in [0.2, 0.25) is 0 Å². The van der Waals surface area contributed by atoms with Gasteiger partial charge in [-0.05, 0) is 44.7 Å². The Hall–Kier alpha value is -0.800. The second-order valence-corrected chi connectivity index (χ2v) is 8.03. The van der Waals surface area contributed by atoms with Gasteiger partial charge >= 0.3 is 0 Å². The number of furan rings is 1. The normalized spacial score (nSPS) is 28.9. The Bertz CT molecular complexity index is 585. The van der Waals surface area contributed by atoms with Crippen molar-refractivity contribution in [2.45, 2.75) is 57.2 Å². The molecular weight excluding hydrogens is 455 g/mol. The smallest absolute Gasteiger partial charge is 0.191 e. The molecule has 3 unspecified atom stereocenters. The van der Waals surface area contributed by atoms with Crippen LogP contribution in [0.3, 0.4) is 0 Å². The molecule has 3 heterocycles. The number of halogens is 1. The molecule has 1 aromatic heterocycles. The van der Waals surface area contributed by atoms with Crippen molar-refractivity contribution in [3.05, 3.63) is 24.2 Å². The summed E-state index contributed by atoms with van der Waals surface area (Å²) >= 11 is 0. The van der Waals surface area contributed by atoms with Crippen LogP contribution in [0.4, 0.5) is 0 Å². The molecule has 1 aliphatic carbocycles. The Kier molecular flexibility index (Phi) is 7.84. The van der Waals surface area contributed by atoms with Gasteiger partial charge in [-0.15, -0.1) is 24.0 Å². The minimum Gasteiger partial charge on any atom is -0.469 e. The topological polar surface area (TPSA) is 62.0 Å². The number of guanidine groups is 1. The zero-order valence-corrected chi connectivity index (χ0v) is 18.6. The van der Waals surface area contributed by atoms with Crippen LogP contribution in [-0.2, 0) is 11.2 Å². The van der Waals surface area contributed by atoms with E-state index in [1.165, 1.54) is 19.3 Å². The average Bonchev–Trinajstić information content (AvgIpc) is 3.04. The van der Waals surface area contributed by atoms with Gasteiger partial charge in [0.15, 0.2) is 5.96 Å². The van der Waals surface area contributed by atoms with Gasteiger partial charge < -0.3 is 19.8 Å². The molecule has 6 nitrogen and oxygen atoms in total. The number of ether oxygens (including phenoxy) is 1. The lowest BCUT2D eigenvalue weighted by molar-refractivity contribution is 0.187. The Morgan fingerprint density at radius 1 is 1.33 bits per heavy atom. The average molecular weight is 488 g/mol. The van der Waals surface area contributed by atoms with Crippen LogP contribution in [0, 0.1) is 5.92 Å². The summed E-state index contributed by atoms with van der Waals surface area (Å²) in [5, 5.41) is 7.19. The number of nitrogens with one attached hydrogen (secondary N) is 2. The van der Waals surface area contributed by atoms with Gasteiger partial charge in [0.25, 0.3) is 0 Å². The monoisotopic (exact) mass is 488 g/mol. The highest BCUT2D eigenvalue weighted by Crippen LogP contribution is 2.33. The highest BCUT2D eigenvalue weighted by molar-refractivity contribution is 14.0. The summed E-state index contributed by atoms with van der Waals surface area (Å²) in [7, 11) is 0. The van der Waals surface area contributed by atoms with E-state index < -0.39 is 0 Å². The summed E-state index contributed by atoms with van der Waals surface area (Å²) in [6.45, 7) is 6.89. The number of hydrogen-bond donors (Lipinski definition) is 2. The molecule has 7 heteroatoms. The fourth-order valence-electron chi connectivity index (χ4n) is 4.13. The zero-order chi connectivity index (χ0) is 17.8. The lowest BCUT2D eigenvalue weighted by Gasteiger charge is -2.20. The fourth-order valence-corrected chi connectivity index (χ4v) is 4.13. The van der Waals surface area contributed by atoms with Gasteiger partial charge in [0.1, 0.15) is 5.76 Å². The van der Waals surface area contributed by atoms with Crippen LogP contribution in [-0.4, -0.2) is 61.8 Å². The number of rotatable bonds is 7. The van der Waals surface area contributed by atoms with Crippen molar-refractivity contribution in [1.29, 1.82) is 0 Å². The Balaban J connectivity index is 0.00000210. The summed E-state index contributed by atoms with van der Waals surface area (Å²) in [5.41, 5.74) is 0. The van der Waals surface area contributed by atoms with E-state index in [1.54, 1.807) is 6.26 Å². The SMILES string of the molecule is CC1CC(NC(=NCC2CCOC2)NCCc2ccco2)CN1C1CC1.I. The molecule has 152 valence electrons. The first-order valence-electron chi connectivity index (χ1n) is 10.2. The van der Waals surface area contributed by atoms with E-state index in [9.17, 15) is 0 Å². The van der Waals surface area contributed by atoms with E-state index in [2.05, 4.69) is 22.5 Å². The van der Waals surface area contributed by atoms with Crippen LogP contribution in [0.5, 0.6) is 0 Å². The van der Waals surface area contributed by atoms with Crippen LogP contribution < -0.4 is 10.6 Å². The summed E-state index contributed by atoms with van der Waals surface area (Å²) in [6, 6.07) is 5.95. The van der Waals surface area contributed by atoms with Crippen molar-refractivity contribution in [3.63, 3.8) is 0 Å². The number of likely N-dealkylation sites (tertiary alicyclic amines) is 1. The maximum absolute atomic E-state index is 5.49. The zero-order valence-electron chi connectivity index (χ0n) is 16.2. The molecule has 0 spiro atoms. The third kappa shape index (κ3) is 6.09. The van der Waals surface area contributed by atoms with E-state index in [-0.39, 0.29) is 24.0 Å². The predicted molar refractivity (Wildman–Crippen MR) is 118 cm³/mol. The summed E-state index contributed by atoms with van der Waals surface area (Å²) < 4.78 is 10.9. The highest BCUT2D eigenvalue weighted by Gasteiger charge is 2.38. The van der Waals surface area contributed by atoms with E-state index in [1.807, 2.05) is 12.1 Å². The standard InChI is InChI=1S/C20H32N4O2.HI/c1-15-11-17(13-24(15)18-4-5-18)23-20(22-12-16-7-10-25-14-16)21-8-6-19-3-2-9-26-19;/h2-3,9,15-18H,4-8,10-14H2,1H3,(H2,21,22,23);1H. The van der Waals surface area contributed by atoms with Crippen LogP contribution >= 0.6 is 24.0 Å². The van der Waals surface area contributed by atoms with Gasteiger partial charge in [-0.25, -0.2) is 0 Å². The maximum atomic E-state index is 5.49. The molecule has 2 N–H and O–H groups in total. The van der Waals surface area contributed by atoms with Crippen LogP contribution in [0.1, 0.15) is 38.4 Å². The molecule has 2 saturated heterocycles. The number of nitrogens with zero attached hydrogens (tertiary/aromatic N) is 2. The van der Waals surface area contributed by atoms with Crippen molar-refractivity contribution in [1.82, 2.24) is 15.5 Å². The van der Waals surface area contributed by atoms with Gasteiger partial charge in [-0.3, -0.25) is 9.89 Å². The number of aliphatic imine (C=N–C) groups is 1. The predicted octanol–water partition coefficient (Wildman–Crippen LogP) is 2.64. The van der Waals surface area contributed by atoms with Gasteiger partial charge in [-0.2, -0.15) is 0 Å². The molecule has 0 aromatic carbocycles. The first-order chi connectivity index (χ1) is 12.8. The second kappa shape index (κ2) is 10.1. The molecule has 0 radical (unpaired) electrons. The molecule has 2 aliphatic heterocycles. The molecular formula is C20H33IN4O2. The highest BCUT2D eigenvalue weighted by atomic mass is 127. The molecule has 3 fully saturated rings. The van der Waals surface area contributed by atoms with E-state index in [4.69, 9.17) is 14.1 Å². The molecule has 1 aromatic rings. The lowest BCUT2D eigenvalue weighted by Crippen LogP contribution is -2.45. The molecule has 3 aliphatic rings. The number of hydrogen-bond acceptors (Lipinski definition) is 4. The van der Waals surface area contributed by atoms with Crippen molar-refractivity contribution in [2.24, 2.45) is 10.9 Å². The van der Waals surface area contributed by atoms with Crippen LogP contribution in [0.25, 0.3) is 0 Å². The summed E-state index contributed by atoms with van der Waals surface area (Å²) in [6.07, 6.45) is 7.67.